The Hall–Kier alpha value is -2.38. The highest BCUT2D eigenvalue weighted by molar-refractivity contribution is 6.30. The molecule has 0 spiro atoms. The molecule has 1 saturated heterocycles. The number of aliphatic hydroxyl groups is 1. The Morgan fingerprint density at radius 3 is 2.52 bits per heavy atom. The number of amides is 3. The van der Waals surface area contributed by atoms with Crippen molar-refractivity contribution in [2.75, 3.05) is 6.61 Å². The molecule has 3 N–H and O–H groups in total. The number of nitrogens with zero attached hydrogens (tertiary/aromatic N) is 1. The maximum atomic E-state index is 12.7. The monoisotopic (exact) mass is 363 g/mol. The topological polar surface area (TPSA) is 98.7 Å². The van der Waals surface area contributed by atoms with E-state index in [4.69, 9.17) is 11.6 Å². The summed E-state index contributed by atoms with van der Waals surface area (Å²) in [4.78, 5) is 38.8. The van der Waals surface area contributed by atoms with Crippen LogP contribution in [0.4, 0.5) is 0 Å². The molecule has 2 heterocycles. The van der Waals surface area contributed by atoms with Crippen molar-refractivity contribution in [1.29, 1.82) is 0 Å². The summed E-state index contributed by atoms with van der Waals surface area (Å²) in [6.45, 7) is -0.541. The van der Waals surface area contributed by atoms with Crippen LogP contribution in [0.25, 0.3) is 0 Å². The van der Waals surface area contributed by atoms with Crippen LogP contribution in [0.1, 0.15) is 24.4 Å². The normalized spacial score (nSPS) is 27.3. The lowest BCUT2D eigenvalue weighted by Crippen LogP contribution is -2.56. The summed E-state index contributed by atoms with van der Waals surface area (Å²) in [5.41, 5.74) is 0.753. The van der Waals surface area contributed by atoms with Crippen LogP contribution in [0.15, 0.2) is 41.6 Å². The van der Waals surface area contributed by atoms with E-state index in [1.54, 1.807) is 18.2 Å². The Bertz CT molecular complexity index is 722. The molecule has 3 amide bonds. The first-order valence-corrected chi connectivity index (χ1v) is 8.33. The van der Waals surface area contributed by atoms with Crippen molar-refractivity contribution in [1.82, 2.24) is 15.5 Å². The molecule has 0 aromatic heterocycles. The van der Waals surface area contributed by atoms with Crippen LogP contribution in [0.2, 0.25) is 0 Å². The molecule has 0 radical (unpaired) electrons. The second-order valence-corrected chi connectivity index (χ2v) is 6.35. The van der Waals surface area contributed by atoms with Gasteiger partial charge in [0, 0.05) is 0 Å². The summed E-state index contributed by atoms with van der Waals surface area (Å²) in [5, 5.41) is 14.9. The molecule has 1 aromatic rings. The van der Waals surface area contributed by atoms with Crippen LogP contribution in [0.3, 0.4) is 0 Å². The molecule has 2 aliphatic rings. The molecule has 2 aliphatic heterocycles. The third-order valence-corrected chi connectivity index (χ3v) is 4.67. The predicted molar refractivity (Wildman–Crippen MR) is 90.1 cm³/mol. The zero-order chi connectivity index (χ0) is 18.0. The number of carbonyl (C=O) groups excluding carboxylic acids is 3. The number of halogens is 1. The molecule has 0 saturated carbocycles. The number of hydrogen-bond acceptors (Lipinski definition) is 4. The van der Waals surface area contributed by atoms with E-state index in [2.05, 4.69) is 10.6 Å². The van der Waals surface area contributed by atoms with Gasteiger partial charge < -0.3 is 15.7 Å². The minimum absolute atomic E-state index is 0.0399. The molecule has 1 aromatic carbocycles. The third-order valence-electron chi connectivity index (χ3n) is 4.34. The van der Waals surface area contributed by atoms with Crippen molar-refractivity contribution >= 4 is 29.3 Å². The van der Waals surface area contributed by atoms with Gasteiger partial charge in [-0.25, -0.2) is 0 Å². The highest BCUT2D eigenvalue weighted by Crippen LogP contribution is 2.29. The number of aliphatic hydroxyl groups excluding tert-OH is 1. The van der Waals surface area contributed by atoms with E-state index < -0.39 is 36.5 Å². The highest BCUT2D eigenvalue weighted by Gasteiger charge is 2.39. The molecule has 3 atom stereocenters. The lowest BCUT2D eigenvalue weighted by molar-refractivity contribution is -0.140. The van der Waals surface area contributed by atoms with E-state index in [0.717, 1.165) is 5.56 Å². The summed E-state index contributed by atoms with van der Waals surface area (Å²) in [6, 6.07) is 6.56. The van der Waals surface area contributed by atoms with E-state index in [1.165, 1.54) is 4.90 Å². The molecule has 7 nitrogen and oxygen atoms in total. The summed E-state index contributed by atoms with van der Waals surface area (Å²) in [5.74, 6) is -1.41. The van der Waals surface area contributed by atoms with Crippen LogP contribution >= 0.6 is 11.6 Å². The molecule has 0 bridgehead atoms. The minimum atomic E-state index is -1.09. The van der Waals surface area contributed by atoms with Gasteiger partial charge in [0.05, 0.1) is 19.1 Å². The maximum Gasteiger partial charge on any atom is 0.245 e. The van der Waals surface area contributed by atoms with Crippen LogP contribution in [-0.2, 0) is 14.4 Å². The first kappa shape index (κ1) is 17.4. The van der Waals surface area contributed by atoms with Crippen molar-refractivity contribution in [3.63, 3.8) is 0 Å². The lowest BCUT2D eigenvalue weighted by atomic mass is 10.0. The largest absolute Gasteiger partial charge is 0.394 e. The van der Waals surface area contributed by atoms with Crippen molar-refractivity contribution in [3.05, 3.63) is 47.1 Å². The Morgan fingerprint density at radius 2 is 1.84 bits per heavy atom. The molecular weight excluding hydrogens is 346 g/mol. The van der Waals surface area contributed by atoms with Gasteiger partial charge in [-0.05, 0) is 18.1 Å². The van der Waals surface area contributed by atoms with E-state index in [0.29, 0.717) is 0 Å². The molecule has 1 fully saturated rings. The summed E-state index contributed by atoms with van der Waals surface area (Å²) in [7, 11) is 0. The SMILES string of the molecule is O=C1NC(c2ccccc2)CC(=O)N2C(Cl)=CCC2C(=O)NC1CO. The zero-order valence-corrected chi connectivity index (χ0v) is 14.1. The third kappa shape index (κ3) is 3.52. The van der Waals surface area contributed by atoms with Gasteiger partial charge in [0.2, 0.25) is 17.7 Å². The first-order valence-electron chi connectivity index (χ1n) is 7.95. The average Bonchev–Trinajstić information content (AvgIpc) is 3.00. The fourth-order valence-electron chi connectivity index (χ4n) is 3.02. The van der Waals surface area contributed by atoms with Crippen molar-refractivity contribution < 1.29 is 19.5 Å². The van der Waals surface area contributed by atoms with Gasteiger partial charge in [0.25, 0.3) is 0 Å². The summed E-state index contributed by atoms with van der Waals surface area (Å²) in [6.07, 6.45) is 1.83. The van der Waals surface area contributed by atoms with Crippen LogP contribution in [0.5, 0.6) is 0 Å². The number of hydrogen-bond donors (Lipinski definition) is 3. The van der Waals surface area contributed by atoms with Gasteiger partial charge >= 0.3 is 0 Å². The van der Waals surface area contributed by atoms with Gasteiger partial charge in [0.1, 0.15) is 17.2 Å². The van der Waals surface area contributed by atoms with E-state index in [9.17, 15) is 19.5 Å². The second-order valence-electron chi connectivity index (χ2n) is 5.96. The molecule has 25 heavy (non-hydrogen) atoms. The van der Waals surface area contributed by atoms with Gasteiger partial charge in [-0.1, -0.05) is 41.9 Å². The van der Waals surface area contributed by atoms with Gasteiger partial charge in [-0.3, -0.25) is 19.3 Å². The summed E-state index contributed by atoms with van der Waals surface area (Å²) >= 11 is 6.11. The number of fused-ring (bicyclic) bond motifs is 1. The zero-order valence-electron chi connectivity index (χ0n) is 13.3. The van der Waals surface area contributed by atoms with Crippen molar-refractivity contribution in [2.24, 2.45) is 0 Å². The van der Waals surface area contributed by atoms with E-state index >= 15 is 0 Å². The molecule has 132 valence electrons. The standard InChI is InChI=1S/C17H18ClN3O4/c18-14-7-6-13-17(25)20-12(9-22)16(24)19-11(8-15(23)21(13)14)10-4-2-1-3-5-10/h1-5,7,11-13,22H,6,8-9H2,(H,19,24)(H,20,25). The first-order chi connectivity index (χ1) is 12.0. The highest BCUT2D eigenvalue weighted by atomic mass is 35.5. The number of carbonyl (C=O) groups is 3. The fourth-order valence-corrected chi connectivity index (χ4v) is 3.32. The Labute approximate surface area is 149 Å². The molecular formula is C17H18ClN3O4. The Balaban J connectivity index is 1.95. The summed E-state index contributed by atoms with van der Waals surface area (Å²) < 4.78 is 0. The van der Waals surface area contributed by atoms with Crippen LogP contribution < -0.4 is 10.6 Å². The number of benzene rings is 1. The van der Waals surface area contributed by atoms with Gasteiger partial charge in [-0.15, -0.1) is 0 Å². The molecule has 3 unspecified atom stereocenters. The van der Waals surface area contributed by atoms with E-state index in [-0.39, 0.29) is 23.9 Å². The van der Waals surface area contributed by atoms with Crippen LogP contribution in [0, 0.1) is 0 Å². The lowest BCUT2D eigenvalue weighted by Gasteiger charge is -2.31. The molecule has 8 heteroatoms. The molecule has 0 aliphatic carbocycles. The number of nitrogens with one attached hydrogen (secondary N) is 2. The Kier molecular flexibility index (Phi) is 5.06. The Morgan fingerprint density at radius 1 is 1.12 bits per heavy atom. The number of rotatable bonds is 2. The molecule has 3 rings (SSSR count). The maximum absolute atomic E-state index is 12.7. The quantitative estimate of drug-likeness (QED) is 0.663. The second kappa shape index (κ2) is 7.25. The van der Waals surface area contributed by atoms with Crippen LogP contribution in [-0.4, -0.2) is 46.4 Å². The minimum Gasteiger partial charge on any atom is -0.394 e. The van der Waals surface area contributed by atoms with Gasteiger partial charge in [0.15, 0.2) is 0 Å². The van der Waals surface area contributed by atoms with E-state index in [1.807, 2.05) is 18.2 Å². The smallest absolute Gasteiger partial charge is 0.245 e. The van der Waals surface area contributed by atoms with Gasteiger partial charge in [-0.2, -0.15) is 0 Å². The van der Waals surface area contributed by atoms with Crippen molar-refractivity contribution in [3.8, 4) is 0 Å². The van der Waals surface area contributed by atoms with Crippen molar-refractivity contribution in [2.45, 2.75) is 31.0 Å². The average molecular weight is 364 g/mol. The fraction of sp³-hybridized carbons (Fsp3) is 0.353. The predicted octanol–water partition coefficient (Wildman–Crippen LogP) is 0.406.